The van der Waals surface area contributed by atoms with Gasteiger partial charge in [0.05, 0.1) is 0 Å². The van der Waals surface area contributed by atoms with Crippen molar-refractivity contribution in [3.63, 3.8) is 0 Å². The lowest BCUT2D eigenvalue weighted by Gasteiger charge is -2.32. The molecular weight excluding hydrogens is 328 g/mol. The first-order chi connectivity index (χ1) is 10.1. The van der Waals surface area contributed by atoms with E-state index in [0.29, 0.717) is 19.0 Å². The van der Waals surface area contributed by atoms with Crippen molar-refractivity contribution in [2.45, 2.75) is 44.7 Å². The molecule has 3 nitrogen and oxygen atoms in total. The second kappa shape index (κ2) is 7.95. The van der Waals surface area contributed by atoms with Crippen LogP contribution in [0.5, 0.6) is 0 Å². The predicted octanol–water partition coefficient (Wildman–Crippen LogP) is 3.67. The maximum absolute atomic E-state index is 12.3. The third-order valence-corrected chi connectivity index (χ3v) is 4.90. The van der Waals surface area contributed by atoms with Crippen LogP contribution in [-0.4, -0.2) is 42.4 Å². The van der Waals surface area contributed by atoms with E-state index in [-0.39, 0.29) is 5.91 Å². The number of hydrogen-bond donors (Lipinski definition) is 0. The van der Waals surface area contributed by atoms with Crippen LogP contribution < -0.4 is 0 Å². The van der Waals surface area contributed by atoms with Crippen molar-refractivity contribution in [1.82, 2.24) is 9.80 Å². The Hall–Kier alpha value is -0.870. The molecule has 0 radical (unpaired) electrons. The van der Waals surface area contributed by atoms with Gasteiger partial charge in [0.2, 0.25) is 5.91 Å². The minimum atomic E-state index is 0.247. The van der Waals surface area contributed by atoms with E-state index >= 15 is 0 Å². The third-order valence-electron chi connectivity index (χ3n) is 4.37. The van der Waals surface area contributed by atoms with Gasteiger partial charge in [-0.3, -0.25) is 4.79 Å². The van der Waals surface area contributed by atoms with Gasteiger partial charge in [0, 0.05) is 30.5 Å². The van der Waals surface area contributed by atoms with Gasteiger partial charge in [0.15, 0.2) is 0 Å². The summed E-state index contributed by atoms with van der Waals surface area (Å²) in [5, 5.41) is 0. The Morgan fingerprint density at radius 2 is 2.05 bits per heavy atom. The summed E-state index contributed by atoms with van der Waals surface area (Å²) in [7, 11) is 4.08. The van der Waals surface area contributed by atoms with Crippen LogP contribution in [0, 0.1) is 0 Å². The molecule has 1 amide bonds. The number of carbonyl (C=O) groups excluding carboxylic acids is 1. The van der Waals surface area contributed by atoms with Crippen molar-refractivity contribution < 1.29 is 4.79 Å². The molecule has 116 valence electrons. The van der Waals surface area contributed by atoms with Gasteiger partial charge in [-0.15, -0.1) is 0 Å². The summed E-state index contributed by atoms with van der Waals surface area (Å²) in [5.74, 6) is 0.247. The maximum Gasteiger partial charge on any atom is 0.222 e. The zero-order chi connectivity index (χ0) is 15.2. The first-order valence-electron chi connectivity index (χ1n) is 7.75. The smallest absolute Gasteiger partial charge is 0.222 e. The molecule has 4 heteroatoms. The molecule has 2 rings (SSSR count). The Balaban J connectivity index is 1.78. The number of carbonyl (C=O) groups is 1. The van der Waals surface area contributed by atoms with Gasteiger partial charge in [0.25, 0.3) is 0 Å². The molecule has 0 spiro atoms. The van der Waals surface area contributed by atoms with Crippen LogP contribution in [0.15, 0.2) is 28.7 Å². The Morgan fingerprint density at radius 3 is 2.71 bits per heavy atom. The number of piperidine rings is 1. The summed E-state index contributed by atoms with van der Waals surface area (Å²) in [6.07, 6.45) is 5.48. The van der Waals surface area contributed by atoms with E-state index < -0.39 is 0 Å². The molecule has 1 atom stereocenters. The highest BCUT2D eigenvalue weighted by Gasteiger charge is 2.20. The van der Waals surface area contributed by atoms with Crippen LogP contribution in [-0.2, 0) is 11.3 Å². The summed E-state index contributed by atoms with van der Waals surface area (Å²) in [5.41, 5.74) is 1.17. The summed E-state index contributed by atoms with van der Waals surface area (Å²) in [6.45, 7) is 1.86. The van der Waals surface area contributed by atoms with Gasteiger partial charge >= 0.3 is 0 Å². The average molecular weight is 353 g/mol. The Bertz CT molecular complexity index is 460. The van der Waals surface area contributed by atoms with E-state index in [1.54, 1.807) is 0 Å². The maximum atomic E-state index is 12.3. The van der Waals surface area contributed by atoms with Gasteiger partial charge in [0.1, 0.15) is 0 Å². The van der Waals surface area contributed by atoms with Gasteiger partial charge in [-0.2, -0.15) is 0 Å². The fourth-order valence-corrected chi connectivity index (χ4v) is 3.21. The highest BCUT2D eigenvalue weighted by atomic mass is 79.9. The summed E-state index contributed by atoms with van der Waals surface area (Å²) >= 11 is 3.43. The zero-order valence-corrected chi connectivity index (χ0v) is 14.6. The fraction of sp³-hybridized carbons (Fsp3) is 0.588. The van der Waals surface area contributed by atoms with Crippen molar-refractivity contribution >= 4 is 21.8 Å². The van der Waals surface area contributed by atoms with Crippen molar-refractivity contribution in [1.29, 1.82) is 0 Å². The summed E-state index contributed by atoms with van der Waals surface area (Å²) in [4.78, 5) is 16.5. The van der Waals surface area contributed by atoms with Crippen LogP contribution in [0.25, 0.3) is 0 Å². The molecule has 1 heterocycles. The SMILES string of the molecule is CN(Cc1ccc(Br)cc1)C(=O)CC[C@H]1CCCCN1C. The molecule has 1 saturated heterocycles. The second-order valence-corrected chi connectivity index (χ2v) is 6.96. The van der Waals surface area contributed by atoms with Crippen LogP contribution in [0.2, 0.25) is 0 Å². The van der Waals surface area contributed by atoms with Crippen molar-refractivity contribution in [3.8, 4) is 0 Å². The van der Waals surface area contributed by atoms with Gasteiger partial charge < -0.3 is 9.80 Å². The molecule has 1 aliphatic rings. The summed E-state index contributed by atoms with van der Waals surface area (Å²) < 4.78 is 1.07. The topological polar surface area (TPSA) is 23.6 Å². The molecule has 0 N–H and O–H groups in total. The van der Waals surface area contributed by atoms with Crippen LogP contribution >= 0.6 is 15.9 Å². The molecule has 0 unspecified atom stereocenters. The highest BCUT2D eigenvalue weighted by molar-refractivity contribution is 9.10. The van der Waals surface area contributed by atoms with Gasteiger partial charge in [-0.05, 0) is 50.6 Å². The predicted molar refractivity (Wildman–Crippen MR) is 90.1 cm³/mol. The van der Waals surface area contributed by atoms with E-state index in [1.165, 1.54) is 31.4 Å². The molecule has 1 fully saturated rings. The lowest BCUT2D eigenvalue weighted by Crippen LogP contribution is -2.37. The molecule has 0 bridgehead atoms. The molecule has 21 heavy (non-hydrogen) atoms. The van der Waals surface area contributed by atoms with E-state index in [1.807, 2.05) is 24.1 Å². The third kappa shape index (κ3) is 5.11. The number of likely N-dealkylation sites (tertiary alicyclic amines) is 1. The second-order valence-electron chi connectivity index (χ2n) is 6.05. The minimum Gasteiger partial charge on any atom is -0.341 e. The normalized spacial score (nSPS) is 19.5. The fourth-order valence-electron chi connectivity index (χ4n) is 2.94. The minimum absolute atomic E-state index is 0.247. The zero-order valence-electron chi connectivity index (χ0n) is 13.0. The van der Waals surface area contributed by atoms with Crippen LogP contribution in [0.3, 0.4) is 0 Å². The summed E-state index contributed by atoms with van der Waals surface area (Å²) in [6, 6.07) is 8.74. The Morgan fingerprint density at radius 1 is 1.33 bits per heavy atom. The van der Waals surface area contributed by atoms with E-state index in [0.717, 1.165) is 10.9 Å². The van der Waals surface area contributed by atoms with Crippen LogP contribution in [0.1, 0.15) is 37.7 Å². The number of rotatable bonds is 5. The molecule has 0 aromatic heterocycles. The highest BCUT2D eigenvalue weighted by Crippen LogP contribution is 2.19. The lowest BCUT2D eigenvalue weighted by atomic mass is 9.98. The Kier molecular flexibility index (Phi) is 6.24. The number of nitrogens with zero attached hydrogens (tertiary/aromatic N) is 2. The first-order valence-corrected chi connectivity index (χ1v) is 8.54. The van der Waals surface area contributed by atoms with Crippen molar-refractivity contribution in [3.05, 3.63) is 34.3 Å². The standard InChI is InChI=1S/C17H25BrN2O/c1-19-12-4-3-5-16(19)10-11-17(21)20(2)13-14-6-8-15(18)9-7-14/h6-9,16H,3-5,10-13H2,1-2H3/t16-/m1/s1. The monoisotopic (exact) mass is 352 g/mol. The molecule has 1 aromatic carbocycles. The quantitative estimate of drug-likeness (QED) is 0.806. The van der Waals surface area contributed by atoms with E-state index in [9.17, 15) is 4.79 Å². The Labute approximate surface area is 136 Å². The van der Waals surface area contributed by atoms with Crippen LogP contribution in [0.4, 0.5) is 0 Å². The molecule has 1 aliphatic heterocycles. The van der Waals surface area contributed by atoms with E-state index in [2.05, 4.69) is 40.0 Å². The first kappa shape index (κ1) is 16.5. The number of hydrogen-bond acceptors (Lipinski definition) is 2. The number of halogens is 1. The van der Waals surface area contributed by atoms with E-state index in [4.69, 9.17) is 0 Å². The lowest BCUT2D eigenvalue weighted by molar-refractivity contribution is -0.130. The number of amides is 1. The van der Waals surface area contributed by atoms with Crippen molar-refractivity contribution in [2.75, 3.05) is 20.6 Å². The largest absolute Gasteiger partial charge is 0.341 e. The molecule has 1 aromatic rings. The van der Waals surface area contributed by atoms with Gasteiger partial charge in [-0.25, -0.2) is 0 Å². The number of benzene rings is 1. The molecule has 0 saturated carbocycles. The van der Waals surface area contributed by atoms with Gasteiger partial charge in [-0.1, -0.05) is 34.5 Å². The van der Waals surface area contributed by atoms with Crippen molar-refractivity contribution in [2.24, 2.45) is 0 Å². The average Bonchev–Trinajstić information content (AvgIpc) is 2.48. The molecule has 0 aliphatic carbocycles. The molecular formula is C17H25BrN2O.